The van der Waals surface area contributed by atoms with Crippen LogP contribution in [0.3, 0.4) is 0 Å². The normalized spacial score (nSPS) is 14.9. The van der Waals surface area contributed by atoms with Crippen molar-refractivity contribution in [2.45, 2.75) is 59.3 Å². The van der Waals surface area contributed by atoms with Gasteiger partial charge in [0.2, 0.25) is 0 Å². The van der Waals surface area contributed by atoms with Crippen LogP contribution in [0.15, 0.2) is 36.4 Å². The van der Waals surface area contributed by atoms with Gasteiger partial charge in [-0.05, 0) is 48.6 Å². The van der Waals surface area contributed by atoms with E-state index in [1.165, 1.54) is 18.4 Å². The van der Waals surface area contributed by atoms with Crippen LogP contribution in [-0.2, 0) is 6.42 Å². The summed E-state index contributed by atoms with van der Waals surface area (Å²) >= 11 is 0. The zero-order valence-corrected chi connectivity index (χ0v) is 12.4. The minimum absolute atomic E-state index is 0.660. The number of benzene rings is 1. The molecule has 100 valence electrons. The van der Waals surface area contributed by atoms with Gasteiger partial charge in [0.25, 0.3) is 0 Å². The van der Waals surface area contributed by atoms with E-state index in [1.807, 2.05) is 0 Å². The van der Waals surface area contributed by atoms with Crippen molar-refractivity contribution in [2.75, 3.05) is 0 Å². The average Bonchev–Trinajstić information content (AvgIpc) is 2.43. The molecule has 0 N–H and O–H groups in total. The lowest BCUT2D eigenvalue weighted by atomic mass is 9.86. The Morgan fingerprint density at radius 1 is 1.11 bits per heavy atom. The first kappa shape index (κ1) is 15.0. The van der Waals surface area contributed by atoms with Gasteiger partial charge in [-0.3, -0.25) is 0 Å². The van der Waals surface area contributed by atoms with Crippen LogP contribution in [0.1, 0.15) is 64.0 Å². The molecule has 0 aliphatic heterocycles. The van der Waals surface area contributed by atoms with Gasteiger partial charge in [-0.15, -0.1) is 0 Å². The van der Waals surface area contributed by atoms with Crippen molar-refractivity contribution in [2.24, 2.45) is 5.92 Å². The van der Waals surface area contributed by atoms with Crippen molar-refractivity contribution in [1.82, 2.24) is 0 Å². The van der Waals surface area contributed by atoms with Gasteiger partial charge in [0.1, 0.15) is 0 Å². The highest BCUT2D eigenvalue weighted by molar-refractivity contribution is 5.30. The predicted octanol–water partition coefficient (Wildman–Crippen LogP) is 5.74. The number of allylic oxidation sites excluding steroid dienone is 2. The zero-order chi connectivity index (χ0) is 13.4. The molecule has 1 aromatic carbocycles. The maximum atomic E-state index is 2.41. The summed E-state index contributed by atoms with van der Waals surface area (Å²) < 4.78 is 0. The zero-order valence-electron chi connectivity index (χ0n) is 12.4. The number of hydrogen-bond donors (Lipinski definition) is 0. The first-order valence-corrected chi connectivity index (χ1v) is 7.47. The molecule has 0 saturated heterocycles. The average molecular weight is 244 g/mol. The Balaban J connectivity index is 2.74. The van der Waals surface area contributed by atoms with Crippen LogP contribution in [0.5, 0.6) is 0 Å². The summed E-state index contributed by atoms with van der Waals surface area (Å²) in [5, 5.41) is 0. The molecule has 0 heteroatoms. The topological polar surface area (TPSA) is 0 Å². The van der Waals surface area contributed by atoms with Gasteiger partial charge in [0, 0.05) is 0 Å². The lowest BCUT2D eigenvalue weighted by molar-refractivity contribution is 0.513. The molecule has 18 heavy (non-hydrogen) atoms. The summed E-state index contributed by atoms with van der Waals surface area (Å²) in [6.07, 6.45) is 9.52. The van der Waals surface area contributed by atoms with E-state index in [2.05, 4.69) is 64.1 Å². The highest BCUT2D eigenvalue weighted by Gasteiger charge is 2.13. The molecule has 0 saturated carbocycles. The Labute approximate surface area is 113 Å². The van der Waals surface area contributed by atoms with Crippen molar-refractivity contribution >= 4 is 0 Å². The summed E-state index contributed by atoms with van der Waals surface area (Å²) in [6, 6.07) is 8.91. The monoisotopic (exact) mass is 244 g/mol. The van der Waals surface area contributed by atoms with E-state index in [9.17, 15) is 0 Å². The van der Waals surface area contributed by atoms with Crippen molar-refractivity contribution in [1.29, 1.82) is 0 Å². The maximum absolute atomic E-state index is 2.41. The molecule has 0 aliphatic carbocycles. The SMILES string of the molecule is CCC=CC(CC)CC(C)c1ccccc1CC. The molecule has 1 aromatic rings. The lowest BCUT2D eigenvalue weighted by Crippen LogP contribution is -2.04. The fraction of sp³-hybridized carbons (Fsp3) is 0.556. The van der Waals surface area contributed by atoms with Crippen molar-refractivity contribution in [3.8, 4) is 0 Å². The van der Waals surface area contributed by atoms with Gasteiger partial charge in [0.15, 0.2) is 0 Å². The molecule has 2 atom stereocenters. The quantitative estimate of drug-likeness (QED) is 0.537. The van der Waals surface area contributed by atoms with Crippen LogP contribution in [0.2, 0.25) is 0 Å². The first-order valence-electron chi connectivity index (χ1n) is 7.47. The standard InChI is InChI=1S/C18H28/c1-5-8-11-16(6-2)14-15(4)18-13-10-9-12-17(18)7-3/h8-13,15-16H,5-7,14H2,1-4H3. The molecule has 0 nitrogen and oxygen atoms in total. The highest BCUT2D eigenvalue weighted by Crippen LogP contribution is 2.28. The minimum atomic E-state index is 0.660. The largest absolute Gasteiger partial charge is 0.0885 e. The lowest BCUT2D eigenvalue weighted by Gasteiger charge is -2.19. The Morgan fingerprint density at radius 3 is 2.44 bits per heavy atom. The van der Waals surface area contributed by atoms with Gasteiger partial charge in [-0.25, -0.2) is 0 Å². The van der Waals surface area contributed by atoms with Crippen LogP contribution in [0, 0.1) is 5.92 Å². The highest BCUT2D eigenvalue weighted by atomic mass is 14.2. The summed E-state index contributed by atoms with van der Waals surface area (Å²) in [5.74, 6) is 1.39. The van der Waals surface area contributed by atoms with Crippen LogP contribution < -0.4 is 0 Å². The summed E-state index contributed by atoms with van der Waals surface area (Å²) in [4.78, 5) is 0. The van der Waals surface area contributed by atoms with Gasteiger partial charge >= 0.3 is 0 Å². The van der Waals surface area contributed by atoms with E-state index >= 15 is 0 Å². The second-order valence-corrected chi connectivity index (χ2v) is 5.19. The van der Waals surface area contributed by atoms with Crippen molar-refractivity contribution in [3.05, 3.63) is 47.5 Å². The molecule has 0 aromatic heterocycles. The predicted molar refractivity (Wildman–Crippen MR) is 82.1 cm³/mol. The molecule has 0 amide bonds. The molecular formula is C18H28. The van der Waals surface area contributed by atoms with Crippen LogP contribution >= 0.6 is 0 Å². The number of hydrogen-bond acceptors (Lipinski definition) is 0. The molecule has 0 spiro atoms. The Hall–Kier alpha value is -1.04. The first-order chi connectivity index (χ1) is 8.72. The van der Waals surface area contributed by atoms with E-state index in [0.29, 0.717) is 5.92 Å². The van der Waals surface area contributed by atoms with Crippen LogP contribution in [0.25, 0.3) is 0 Å². The second-order valence-electron chi connectivity index (χ2n) is 5.19. The summed E-state index contributed by atoms with van der Waals surface area (Å²) in [6.45, 7) is 9.12. The van der Waals surface area contributed by atoms with Crippen LogP contribution in [-0.4, -0.2) is 0 Å². The van der Waals surface area contributed by atoms with Gasteiger partial charge < -0.3 is 0 Å². The molecule has 2 unspecified atom stereocenters. The molecular weight excluding hydrogens is 216 g/mol. The second kappa shape index (κ2) is 8.13. The smallest absolute Gasteiger partial charge is 0.0182 e. The molecule has 0 bridgehead atoms. The van der Waals surface area contributed by atoms with Crippen LogP contribution in [0.4, 0.5) is 0 Å². The van der Waals surface area contributed by atoms with E-state index in [1.54, 1.807) is 5.56 Å². The fourth-order valence-electron chi connectivity index (χ4n) is 2.63. The Bertz CT molecular complexity index is 362. The summed E-state index contributed by atoms with van der Waals surface area (Å²) in [7, 11) is 0. The van der Waals surface area contributed by atoms with Gasteiger partial charge in [0.05, 0.1) is 0 Å². The maximum Gasteiger partial charge on any atom is -0.0182 e. The van der Waals surface area contributed by atoms with E-state index in [0.717, 1.165) is 18.8 Å². The van der Waals surface area contributed by atoms with Gasteiger partial charge in [-0.1, -0.05) is 64.1 Å². The molecule has 1 rings (SSSR count). The summed E-state index contributed by atoms with van der Waals surface area (Å²) in [5.41, 5.74) is 3.06. The third kappa shape index (κ3) is 4.33. The molecule has 0 radical (unpaired) electrons. The van der Waals surface area contributed by atoms with Crippen molar-refractivity contribution in [3.63, 3.8) is 0 Å². The molecule has 0 aliphatic rings. The Kier molecular flexibility index (Phi) is 6.78. The van der Waals surface area contributed by atoms with E-state index in [-0.39, 0.29) is 0 Å². The third-order valence-corrected chi connectivity index (χ3v) is 3.79. The third-order valence-electron chi connectivity index (χ3n) is 3.79. The van der Waals surface area contributed by atoms with Crippen molar-refractivity contribution < 1.29 is 0 Å². The minimum Gasteiger partial charge on any atom is -0.0885 e. The molecule has 0 fully saturated rings. The number of aryl methyl sites for hydroxylation is 1. The van der Waals surface area contributed by atoms with Gasteiger partial charge in [-0.2, -0.15) is 0 Å². The Morgan fingerprint density at radius 2 is 1.83 bits per heavy atom. The molecule has 0 heterocycles. The fourth-order valence-corrected chi connectivity index (χ4v) is 2.63. The number of rotatable bonds is 7. The van der Waals surface area contributed by atoms with E-state index in [4.69, 9.17) is 0 Å². The van der Waals surface area contributed by atoms with E-state index < -0.39 is 0 Å².